The Labute approximate surface area is 141 Å². The summed E-state index contributed by atoms with van der Waals surface area (Å²) < 4.78 is 65.3. The predicted molar refractivity (Wildman–Crippen MR) is 82.3 cm³/mol. The monoisotopic (exact) mass is 422 g/mol. The van der Waals surface area contributed by atoms with E-state index in [-0.39, 0.29) is 35.9 Å². The van der Waals surface area contributed by atoms with E-state index in [0.29, 0.717) is 13.0 Å². The zero-order chi connectivity index (χ0) is 15.8. The van der Waals surface area contributed by atoms with Gasteiger partial charge < -0.3 is 5.73 Å². The fraction of sp³-hybridized carbons (Fsp3) is 0.500. The van der Waals surface area contributed by atoms with Crippen LogP contribution in [0.25, 0.3) is 0 Å². The molecular weight excluding hydrogens is 409 g/mol. The van der Waals surface area contributed by atoms with Gasteiger partial charge in [0.1, 0.15) is 0 Å². The molecule has 1 aliphatic heterocycles. The van der Waals surface area contributed by atoms with Crippen molar-refractivity contribution in [1.29, 1.82) is 0 Å². The summed E-state index contributed by atoms with van der Waals surface area (Å²) in [6.45, 7) is 0.669. The second-order valence-corrected chi connectivity index (χ2v) is 7.71. The van der Waals surface area contributed by atoms with Crippen LogP contribution in [0.4, 0.5) is 13.2 Å². The Morgan fingerprint density at radius 1 is 1.36 bits per heavy atom. The van der Waals surface area contributed by atoms with Gasteiger partial charge in [-0.1, -0.05) is 15.9 Å². The summed E-state index contributed by atoms with van der Waals surface area (Å²) in [5.41, 5.74) is 4.33. The lowest BCUT2D eigenvalue weighted by Gasteiger charge is -2.20. The van der Waals surface area contributed by atoms with E-state index in [1.54, 1.807) is 0 Å². The summed E-state index contributed by atoms with van der Waals surface area (Å²) >= 11 is 2.93. The molecule has 22 heavy (non-hydrogen) atoms. The number of nitrogens with two attached hydrogens (primary N) is 1. The third-order valence-electron chi connectivity index (χ3n) is 3.45. The molecule has 10 heteroatoms. The summed E-state index contributed by atoms with van der Waals surface area (Å²) in [6.07, 6.45) is -4.17. The first kappa shape index (κ1) is 19.7. The quantitative estimate of drug-likeness (QED) is 0.813. The molecule has 0 aliphatic carbocycles. The molecular formula is C12H15BrClF3N2O2S. The van der Waals surface area contributed by atoms with Gasteiger partial charge in [0.25, 0.3) is 0 Å². The lowest BCUT2D eigenvalue weighted by Crippen LogP contribution is -2.31. The molecule has 2 N–H and O–H groups in total. The normalized spacial score (nSPS) is 20.0. The number of benzene rings is 1. The maximum Gasteiger partial charge on any atom is 0.417 e. The van der Waals surface area contributed by atoms with Gasteiger partial charge in [0.15, 0.2) is 0 Å². The molecule has 1 atom stereocenters. The molecule has 1 fully saturated rings. The Morgan fingerprint density at radius 2 is 2.00 bits per heavy atom. The van der Waals surface area contributed by atoms with Crippen LogP contribution in [-0.2, 0) is 16.2 Å². The lowest BCUT2D eigenvalue weighted by molar-refractivity contribution is -0.140. The highest BCUT2D eigenvalue weighted by Gasteiger charge is 2.40. The van der Waals surface area contributed by atoms with E-state index in [9.17, 15) is 21.6 Å². The van der Waals surface area contributed by atoms with Gasteiger partial charge in [-0.2, -0.15) is 17.5 Å². The molecule has 2 rings (SSSR count). The van der Waals surface area contributed by atoms with Crippen LogP contribution in [0, 0.1) is 5.92 Å². The standard InChI is InChI=1S/C12H14BrF3N2O2S.ClH/c13-9-1-2-11(10(5-9)12(14,15)16)21(19,20)18-4-3-8(6-17)7-18;/h1-2,5,8H,3-4,6-7,17H2;1H. The van der Waals surface area contributed by atoms with Crippen molar-refractivity contribution in [2.75, 3.05) is 19.6 Å². The first-order chi connectivity index (χ1) is 9.66. The van der Waals surface area contributed by atoms with E-state index in [2.05, 4.69) is 15.9 Å². The molecule has 0 amide bonds. The Morgan fingerprint density at radius 3 is 2.50 bits per heavy atom. The van der Waals surface area contributed by atoms with Crippen LogP contribution in [0.5, 0.6) is 0 Å². The maximum absolute atomic E-state index is 13.1. The van der Waals surface area contributed by atoms with Gasteiger partial charge >= 0.3 is 6.18 Å². The maximum atomic E-state index is 13.1. The van der Waals surface area contributed by atoms with Crippen molar-refractivity contribution >= 4 is 38.4 Å². The average molecular weight is 424 g/mol. The number of alkyl halides is 3. The molecule has 1 unspecified atom stereocenters. The minimum atomic E-state index is -4.74. The van der Waals surface area contributed by atoms with Gasteiger partial charge in [0, 0.05) is 17.6 Å². The number of hydrogen-bond donors (Lipinski definition) is 1. The van der Waals surface area contributed by atoms with Gasteiger partial charge in [0.2, 0.25) is 10.0 Å². The van der Waals surface area contributed by atoms with Crippen LogP contribution >= 0.6 is 28.3 Å². The molecule has 1 saturated heterocycles. The first-order valence-corrected chi connectivity index (χ1v) is 8.46. The van der Waals surface area contributed by atoms with E-state index in [1.807, 2.05) is 0 Å². The van der Waals surface area contributed by atoms with Crippen LogP contribution < -0.4 is 5.73 Å². The van der Waals surface area contributed by atoms with Gasteiger partial charge in [-0.3, -0.25) is 0 Å². The number of nitrogens with zero attached hydrogens (tertiary/aromatic N) is 1. The number of halogens is 5. The second-order valence-electron chi connectivity index (χ2n) is 4.89. The van der Waals surface area contributed by atoms with Crippen molar-refractivity contribution in [2.45, 2.75) is 17.5 Å². The van der Waals surface area contributed by atoms with Crippen molar-refractivity contribution in [3.05, 3.63) is 28.2 Å². The smallest absolute Gasteiger partial charge is 0.330 e. The van der Waals surface area contributed by atoms with Gasteiger partial charge in [-0.05, 0) is 37.1 Å². The predicted octanol–water partition coefficient (Wildman–Crippen LogP) is 2.86. The molecule has 0 aromatic heterocycles. The molecule has 4 nitrogen and oxygen atoms in total. The van der Waals surface area contributed by atoms with Crippen LogP contribution in [0.3, 0.4) is 0 Å². The lowest BCUT2D eigenvalue weighted by atomic mass is 10.1. The summed E-state index contributed by atoms with van der Waals surface area (Å²) in [5.74, 6) is -0.00967. The molecule has 0 radical (unpaired) electrons. The van der Waals surface area contributed by atoms with Crippen LogP contribution in [0.2, 0.25) is 0 Å². The Balaban J connectivity index is 0.00000242. The molecule has 0 spiro atoms. The molecule has 0 bridgehead atoms. The third kappa shape index (κ3) is 3.94. The number of sulfonamides is 1. The molecule has 1 heterocycles. The number of hydrogen-bond acceptors (Lipinski definition) is 3. The van der Waals surface area contributed by atoms with Crippen molar-refractivity contribution in [3.8, 4) is 0 Å². The largest absolute Gasteiger partial charge is 0.417 e. The molecule has 126 valence electrons. The SMILES string of the molecule is Cl.NCC1CCN(S(=O)(=O)c2ccc(Br)cc2C(F)(F)F)C1. The highest BCUT2D eigenvalue weighted by molar-refractivity contribution is 9.10. The van der Waals surface area contributed by atoms with Gasteiger partial charge in [-0.15, -0.1) is 12.4 Å². The summed E-state index contributed by atoms with van der Waals surface area (Å²) in [7, 11) is -4.18. The third-order valence-corrected chi connectivity index (χ3v) is 5.86. The highest BCUT2D eigenvalue weighted by atomic mass is 79.9. The van der Waals surface area contributed by atoms with Gasteiger partial charge in [0.05, 0.1) is 10.5 Å². The topological polar surface area (TPSA) is 63.4 Å². The minimum absolute atomic E-state index is 0. The summed E-state index contributed by atoms with van der Waals surface area (Å²) in [5, 5.41) is 0. The van der Waals surface area contributed by atoms with Crippen LogP contribution in [0.15, 0.2) is 27.6 Å². The van der Waals surface area contributed by atoms with E-state index in [1.165, 1.54) is 6.07 Å². The highest BCUT2D eigenvalue weighted by Crippen LogP contribution is 2.37. The molecule has 0 saturated carbocycles. The van der Waals surface area contributed by atoms with Crippen molar-refractivity contribution in [3.63, 3.8) is 0 Å². The summed E-state index contributed by atoms with van der Waals surface area (Å²) in [6, 6.07) is 3.06. The number of rotatable bonds is 3. The zero-order valence-electron chi connectivity index (χ0n) is 11.3. The molecule has 1 aromatic rings. The minimum Gasteiger partial charge on any atom is -0.330 e. The van der Waals surface area contributed by atoms with Crippen molar-refractivity contribution in [2.24, 2.45) is 11.7 Å². The Bertz CT molecular complexity index is 640. The van der Waals surface area contributed by atoms with Gasteiger partial charge in [-0.25, -0.2) is 8.42 Å². The van der Waals surface area contributed by atoms with E-state index in [0.717, 1.165) is 16.4 Å². The second kappa shape index (κ2) is 7.04. The van der Waals surface area contributed by atoms with Crippen molar-refractivity contribution in [1.82, 2.24) is 4.31 Å². The zero-order valence-corrected chi connectivity index (χ0v) is 14.5. The van der Waals surface area contributed by atoms with Crippen LogP contribution in [0.1, 0.15) is 12.0 Å². The van der Waals surface area contributed by atoms with E-state index in [4.69, 9.17) is 5.73 Å². The van der Waals surface area contributed by atoms with Crippen molar-refractivity contribution < 1.29 is 21.6 Å². The Kier molecular flexibility index (Phi) is 6.30. The van der Waals surface area contributed by atoms with E-state index >= 15 is 0 Å². The fourth-order valence-electron chi connectivity index (χ4n) is 2.30. The Hall–Kier alpha value is -0.350. The van der Waals surface area contributed by atoms with E-state index < -0.39 is 26.7 Å². The van der Waals surface area contributed by atoms with Crippen LogP contribution in [-0.4, -0.2) is 32.4 Å². The fourth-order valence-corrected chi connectivity index (χ4v) is 4.38. The molecule has 1 aromatic carbocycles. The first-order valence-electron chi connectivity index (χ1n) is 6.23. The molecule has 1 aliphatic rings. The summed E-state index contributed by atoms with van der Waals surface area (Å²) in [4.78, 5) is -0.712. The average Bonchev–Trinajstić information content (AvgIpc) is 2.86.